The van der Waals surface area contributed by atoms with Gasteiger partial charge < -0.3 is 5.32 Å². The van der Waals surface area contributed by atoms with Gasteiger partial charge in [0.2, 0.25) is 0 Å². The SMILES string of the molecule is Cc1c(C(=O)NCC2CC(c3ccccc3)NN2)cnn1-c1ccccn1. The van der Waals surface area contributed by atoms with Crippen LogP contribution in [0.25, 0.3) is 5.82 Å². The Morgan fingerprint density at radius 1 is 1.19 bits per heavy atom. The summed E-state index contributed by atoms with van der Waals surface area (Å²) in [5.74, 6) is 0.570. The van der Waals surface area contributed by atoms with Gasteiger partial charge in [0.05, 0.1) is 17.5 Å². The van der Waals surface area contributed by atoms with Crippen LogP contribution in [0.5, 0.6) is 0 Å². The summed E-state index contributed by atoms with van der Waals surface area (Å²) >= 11 is 0. The molecule has 2 atom stereocenters. The van der Waals surface area contributed by atoms with Gasteiger partial charge in [0.15, 0.2) is 5.82 Å². The lowest BCUT2D eigenvalue weighted by Crippen LogP contribution is -2.40. The van der Waals surface area contributed by atoms with Crippen molar-refractivity contribution in [3.63, 3.8) is 0 Å². The second kappa shape index (κ2) is 7.69. The second-order valence-corrected chi connectivity index (χ2v) is 6.64. The van der Waals surface area contributed by atoms with Gasteiger partial charge in [-0.15, -0.1) is 0 Å². The molecule has 3 aromatic rings. The van der Waals surface area contributed by atoms with Crippen LogP contribution >= 0.6 is 0 Å². The predicted octanol–water partition coefficient (Wildman–Crippen LogP) is 1.91. The third-order valence-corrected chi connectivity index (χ3v) is 4.81. The Hall–Kier alpha value is -3.03. The summed E-state index contributed by atoms with van der Waals surface area (Å²) in [6.07, 6.45) is 4.21. The maximum atomic E-state index is 12.6. The maximum absolute atomic E-state index is 12.6. The molecule has 1 amide bonds. The number of hydrazine groups is 1. The third kappa shape index (κ3) is 3.74. The Morgan fingerprint density at radius 2 is 2.00 bits per heavy atom. The Balaban J connectivity index is 1.36. The van der Waals surface area contributed by atoms with E-state index in [0.29, 0.717) is 17.9 Å². The highest BCUT2D eigenvalue weighted by Crippen LogP contribution is 2.21. The van der Waals surface area contributed by atoms with E-state index in [1.807, 2.05) is 43.3 Å². The minimum atomic E-state index is -0.125. The molecule has 2 unspecified atom stereocenters. The Morgan fingerprint density at radius 3 is 2.78 bits per heavy atom. The molecule has 1 aliphatic heterocycles. The number of benzene rings is 1. The number of amides is 1. The van der Waals surface area contributed by atoms with Crippen molar-refractivity contribution in [3.05, 3.63) is 77.7 Å². The lowest BCUT2D eigenvalue weighted by Gasteiger charge is -2.11. The molecule has 0 bridgehead atoms. The van der Waals surface area contributed by atoms with Gasteiger partial charge in [-0.25, -0.2) is 15.1 Å². The summed E-state index contributed by atoms with van der Waals surface area (Å²) in [5.41, 5.74) is 9.13. The molecule has 3 N–H and O–H groups in total. The molecule has 4 rings (SSSR count). The van der Waals surface area contributed by atoms with Crippen molar-refractivity contribution in [2.24, 2.45) is 0 Å². The van der Waals surface area contributed by atoms with E-state index in [0.717, 1.165) is 12.1 Å². The molecule has 0 radical (unpaired) electrons. The standard InChI is InChI=1S/C20H22N6O/c1-14-17(13-23-26(14)19-9-5-6-10-21-19)20(27)22-12-16-11-18(25-24-16)15-7-3-2-4-8-15/h2-10,13,16,18,24-25H,11-12H2,1H3,(H,22,27). The minimum absolute atomic E-state index is 0.125. The van der Waals surface area contributed by atoms with E-state index in [1.165, 1.54) is 5.56 Å². The average molecular weight is 362 g/mol. The largest absolute Gasteiger partial charge is 0.350 e. The van der Waals surface area contributed by atoms with Crippen LogP contribution in [0.4, 0.5) is 0 Å². The molecule has 0 aliphatic carbocycles. The van der Waals surface area contributed by atoms with Crippen LogP contribution in [0.15, 0.2) is 60.9 Å². The summed E-state index contributed by atoms with van der Waals surface area (Å²) in [4.78, 5) is 16.9. The van der Waals surface area contributed by atoms with E-state index in [-0.39, 0.29) is 18.0 Å². The van der Waals surface area contributed by atoms with Gasteiger partial charge in [-0.3, -0.25) is 10.2 Å². The zero-order valence-corrected chi connectivity index (χ0v) is 15.1. The Labute approximate surface area is 157 Å². The molecule has 0 saturated carbocycles. The summed E-state index contributed by atoms with van der Waals surface area (Å²) in [7, 11) is 0. The molecular weight excluding hydrogens is 340 g/mol. The molecule has 7 heteroatoms. The number of nitrogens with one attached hydrogen (secondary N) is 3. The fourth-order valence-corrected chi connectivity index (χ4v) is 3.31. The number of rotatable bonds is 5. The van der Waals surface area contributed by atoms with Gasteiger partial charge in [-0.05, 0) is 31.0 Å². The van der Waals surface area contributed by atoms with Crippen molar-refractivity contribution in [2.75, 3.05) is 6.54 Å². The highest BCUT2D eigenvalue weighted by molar-refractivity contribution is 5.95. The van der Waals surface area contributed by atoms with Crippen LogP contribution in [0.3, 0.4) is 0 Å². The van der Waals surface area contributed by atoms with E-state index < -0.39 is 0 Å². The lowest BCUT2D eigenvalue weighted by molar-refractivity contribution is 0.0949. The first kappa shape index (κ1) is 17.4. The molecule has 1 saturated heterocycles. The summed E-state index contributed by atoms with van der Waals surface area (Å²) in [6, 6.07) is 16.3. The topological polar surface area (TPSA) is 83.9 Å². The van der Waals surface area contributed by atoms with Crippen LogP contribution in [0, 0.1) is 6.92 Å². The normalized spacial score (nSPS) is 19.1. The van der Waals surface area contributed by atoms with Crippen LogP contribution in [-0.2, 0) is 0 Å². The van der Waals surface area contributed by atoms with Crippen LogP contribution in [-0.4, -0.2) is 33.3 Å². The number of pyridine rings is 1. The van der Waals surface area contributed by atoms with E-state index >= 15 is 0 Å². The third-order valence-electron chi connectivity index (χ3n) is 4.81. The highest BCUT2D eigenvalue weighted by Gasteiger charge is 2.25. The number of aromatic nitrogens is 3. The Kier molecular flexibility index (Phi) is 4.95. The van der Waals surface area contributed by atoms with Gasteiger partial charge in [0.1, 0.15) is 0 Å². The second-order valence-electron chi connectivity index (χ2n) is 6.64. The maximum Gasteiger partial charge on any atom is 0.254 e. The summed E-state index contributed by atoms with van der Waals surface area (Å²) in [6.45, 7) is 2.42. The van der Waals surface area contributed by atoms with Crippen LogP contribution in [0.1, 0.15) is 34.1 Å². The van der Waals surface area contributed by atoms with Crippen LogP contribution in [0.2, 0.25) is 0 Å². The molecule has 3 heterocycles. The predicted molar refractivity (Wildman–Crippen MR) is 102 cm³/mol. The average Bonchev–Trinajstić information content (AvgIpc) is 3.34. The summed E-state index contributed by atoms with van der Waals surface area (Å²) in [5, 5.41) is 7.31. The smallest absolute Gasteiger partial charge is 0.254 e. The first-order chi connectivity index (χ1) is 13.2. The highest BCUT2D eigenvalue weighted by atomic mass is 16.1. The zero-order chi connectivity index (χ0) is 18.6. The molecule has 2 aromatic heterocycles. The lowest BCUT2D eigenvalue weighted by atomic mass is 10.0. The van der Waals surface area contributed by atoms with Crippen molar-refractivity contribution < 1.29 is 4.79 Å². The monoisotopic (exact) mass is 362 g/mol. The number of carbonyl (C=O) groups is 1. The minimum Gasteiger partial charge on any atom is -0.350 e. The molecule has 1 aliphatic rings. The summed E-state index contributed by atoms with van der Waals surface area (Å²) < 4.78 is 1.68. The molecule has 138 valence electrons. The van der Waals surface area contributed by atoms with Crippen molar-refractivity contribution in [2.45, 2.75) is 25.4 Å². The molecule has 1 aromatic carbocycles. The van der Waals surface area contributed by atoms with Crippen LogP contribution < -0.4 is 16.2 Å². The van der Waals surface area contributed by atoms with E-state index in [4.69, 9.17) is 0 Å². The molecule has 7 nitrogen and oxygen atoms in total. The molecule has 0 spiro atoms. The number of nitrogens with zero attached hydrogens (tertiary/aromatic N) is 3. The van der Waals surface area contributed by atoms with Crippen molar-refractivity contribution in [1.82, 2.24) is 30.9 Å². The molecule has 1 fully saturated rings. The van der Waals surface area contributed by atoms with E-state index in [9.17, 15) is 4.79 Å². The van der Waals surface area contributed by atoms with Gasteiger partial charge >= 0.3 is 0 Å². The fourth-order valence-electron chi connectivity index (χ4n) is 3.31. The van der Waals surface area contributed by atoms with Gasteiger partial charge in [0.25, 0.3) is 5.91 Å². The van der Waals surface area contributed by atoms with Gasteiger partial charge in [-0.2, -0.15) is 5.10 Å². The van der Waals surface area contributed by atoms with Crippen molar-refractivity contribution >= 4 is 5.91 Å². The van der Waals surface area contributed by atoms with Gasteiger partial charge in [-0.1, -0.05) is 36.4 Å². The molecule has 27 heavy (non-hydrogen) atoms. The quantitative estimate of drug-likeness (QED) is 0.646. The van der Waals surface area contributed by atoms with Gasteiger partial charge in [0, 0.05) is 24.8 Å². The van der Waals surface area contributed by atoms with Crippen molar-refractivity contribution in [3.8, 4) is 5.82 Å². The zero-order valence-electron chi connectivity index (χ0n) is 15.1. The number of carbonyl (C=O) groups excluding carboxylic acids is 1. The Bertz CT molecular complexity index is 909. The van der Waals surface area contributed by atoms with Crippen molar-refractivity contribution in [1.29, 1.82) is 0 Å². The molecular formula is C20H22N6O. The fraction of sp³-hybridized carbons (Fsp3) is 0.250. The number of hydrogen-bond acceptors (Lipinski definition) is 5. The first-order valence-electron chi connectivity index (χ1n) is 9.02. The van der Waals surface area contributed by atoms with E-state index in [1.54, 1.807) is 17.1 Å². The van der Waals surface area contributed by atoms with E-state index in [2.05, 4.69) is 38.4 Å². The first-order valence-corrected chi connectivity index (χ1v) is 9.02. The number of hydrogen-bond donors (Lipinski definition) is 3.